The van der Waals surface area contributed by atoms with Gasteiger partial charge in [-0.3, -0.25) is 0 Å². The van der Waals surface area contributed by atoms with Crippen LogP contribution >= 0.6 is 0 Å². The highest BCUT2D eigenvalue weighted by Gasteiger charge is 2.11. The molecule has 4 rings (SSSR count). The SMILES string of the molecule is Cn1c2ccccc2c2nnc(N/N=C/c3ccc(F)cc3)nc21. The maximum Gasteiger partial charge on any atom is 0.265 e. The molecule has 1 N–H and O–H groups in total. The van der Waals surface area contributed by atoms with Gasteiger partial charge in [-0.2, -0.15) is 10.1 Å². The van der Waals surface area contributed by atoms with Crippen LogP contribution in [0.5, 0.6) is 0 Å². The van der Waals surface area contributed by atoms with Gasteiger partial charge in [-0.05, 0) is 23.8 Å². The van der Waals surface area contributed by atoms with Crippen LogP contribution in [0.15, 0.2) is 53.6 Å². The predicted molar refractivity (Wildman–Crippen MR) is 91.4 cm³/mol. The third-order valence-electron chi connectivity index (χ3n) is 3.75. The lowest BCUT2D eigenvalue weighted by molar-refractivity contribution is 0.628. The van der Waals surface area contributed by atoms with Crippen molar-refractivity contribution in [3.8, 4) is 0 Å². The van der Waals surface area contributed by atoms with Gasteiger partial charge in [0.25, 0.3) is 5.95 Å². The number of halogens is 1. The van der Waals surface area contributed by atoms with Crippen molar-refractivity contribution in [3.05, 3.63) is 59.9 Å². The Kier molecular flexibility index (Phi) is 3.38. The molecule has 24 heavy (non-hydrogen) atoms. The Morgan fingerprint density at radius 2 is 1.88 bits per heavy atom. The van der Waals surface area contributed by atoms with Gasteiger partial charge < -0.3 is 4.57 Å². The zero-order chi connectivity index (χ0) is 16.5. The number of hydrazone groups is 1. The Bertz CT molecular complexity index is 1050. The van der Waals surface area contributed by atoms with Gasteiger partial charge in [-0.25, -0.2) is 9.82 Å². The Balaban J connectivity index is 1.64. The highest BCUT2D eigenvalue weighted by atomic mass is 19.1. The van der Waals surface area contributed by atoms with E-state index < -0.39 is 0 Å². The fraction of sp³-hybridized carbons (Fsp3) is 0.0588. The maximum absolute atomic E-state index is 12.9. The first kappa shape index (κ1) is 14.3. The highest BCUT2D eigenvalue weighted by Crippen LogP contribution is 2.24. The number of rotatable bonds is 3. The number of aryl methyl sites for hydroxylation is 1. The third kappa shape index (κ3) is 2.45. The van der Waals surface area contributed by atoms with E-state index in [-0.39, 0.29) is 5.82 Å². The van der Waals surface area contributed by atoms with Crippen LogP contribution in [-0.2, 0) is 7.05 Å². The van der Waals surface area contributed by atoms with E-state index in [4.69, 9.17) is 0 Å². The van der Waals surface area contributed by atoms with E-state index in [1.165, 1.54) is 12.1 Å². The summed E-state index contributed by atoms with van der Waals surface area (Å²) in [4.78, 5) is 4.46. The zero-order valence-corrected chi connectivity index (χ0v) is 12.8. The lowest BCUT2D eigenvalue weighted by atomic mass is 10.2. The van der Waals surface area contributed by atoms with E-state index in [0.717, 1.165) is 27.6 Å². The molecule has 7 heteroatoms. The summed E-state index contributed by atoms with van der Waals surface area (Å²) in [5, 5.41) is 13.4. The van der Waals surface area contributed by atoms with Crippen molar-refractivity contribution in [3.63, 3.8) is 0 Å². The van der Waals surface area contributed by atoms with E-state index in [0.29, 0.717) is 5.95 Å². The summed E-state index contributed by atoms with van der Waals surface area (Å²) in [5.41, 5.74) is 6.04. The van der Waals surface area contributed by atoms with Gasteiger partial charge in [0.15, 0.2) is 5.65 Å². The molecule has 0 aliphatic rings. The molecule has 6 nitrogen and oxygen atoms in total. The molecule has 118 valence electrons. The molecule has 2 aromatic carbocycles. The van der Waals surface area contributed by atoms with E-state index in [9.17, 15) is 4.39 Å². The molecule has 0 aliphatic heterocycles. The maximum atomic E-state index is 12.9. The van der Waals surface area contributed by atoms with Gasteiger partial charge in [-0.15, -0.1) is 10.2 Å². The van der Waals surface area contributed by atoms with Crippen molar-refractivity contribution in [1.29, 1.82) is 0 Å². The molecule has 2 aromatic heterocycles. The molecule has 0 aliphatic carbocycles. The minimum absolute atomic E-state index is 0.283. The molecule has 2 heterocycles. The molecule has 0 bridgehead atoms. The van der Waals surface area contributed by atoms with Gasteiger partial charge in [0.2, 0.25) is 0 Å². The summed E-state index contributed by atoms with van der Waals surface area (Å²) >= 11 is 0. The summed E-state index contributed by atoms with van der Waals surface area (Å²) < 4.78 is 14.8. The second-order valence-electron chi connectivity index (χ2n) is 5.31. The number of nitrogens with zero attached hydrogens (tertiary/aromatic N) is 5. The van der Waals surface area contributed by atoms with Gasteiger partial charge in [0.1, 0.15) is 11.3 Å². The standard InChI is InChI=1S/C17H13FN6/c1-24-14-5-3-2-4-13(14)15-16(24)20-17(23-21-15)22-19-10-11-6-8-12(18)9-7-11/h2-10H,1H3,(H,20,22,23)/b19-10+. The minimum atomic E-state index is -0.283. The van der Waals surface area contributed by atoms with Crippen molar-refractivity contribution >= 4 is 34.2 Å². The van der Waals surface area contributed by atoms with Crippen LogP contribution in [0.2, 0.25) is 0 Å². The first-order chi connectivity index (χ1) is 11.7. The fourth-order valence-corrected chi connectivity index (χ4v) is 2.57. The molecule has 4 aromatic rings. The highest BCUT2D eigenvalue weighted by molar-refractivity contribution is 6.04. The van der Waals surface area contributed by atoms with Crippen molar-refractivity contribution in [2.24, 2.45) is 12.1 Å². The van der Waals surface area contributed by atoms with E-state index in [1.807, 2.05) is 35.9 Å². The second-order valence-corrected chi connectivity index (χ2v) is 5.31. The topological polar surface area (TPSA) is 68.0 Å². The van der Waals surface area contributed by atoms with Crippen molar-refractivity contribution in [2.45, 2.75) is 0 Å². The number of hydrogen-bond acceptors (Lipinski definition) is 5. The van der Waals surface area contributed by atoms with Gasteiger partial charge >= 0.3 is 0 Å². The molecule has 0 spiro atoms. The van der Waals surface area contributed by atoms with Gasteiger partial charge in [0.05, 0.1) is 11.7 Å². The number of nitrogens with one attached hydrogen (secondary N) is 1. The summed E-state index contributed by atoms with van der Waals surface area (Å²) in [6.07, 6.45) is 1.56. The van der Waals surface area contributed by atoms with Crippen LogP contribution in [-0.4, -0.2) is 26.0 Å². The third-order valence-corrected chi connectivity index (χ3v) is 3.75. The van der Waals surface area contributed by atoms with Crippen LogP contribution in [0.3, 0.4) is 0 Å². The zero-order valence-electron chi connectivity index (χ0n) is 12.8. The number of fused-ring (bicyclic) bond motifs is 3. The lowest BCUT2D eigenvalue weighted by Crippen LogP contribution is -2.00. The first-order valence-corrected chi connectivity index (χ1v) is 7.35. The van der Waals surface area contributed by atoms with E-state index in [2.05, 4.69) is 25.7 Å². The van der Waals surface area contributed by atoms with Crippen molar-refractivity contribution < 1.29 is 4.39 Å². The summed E-state index contributed by atoms with van der Waals surface area (Å²) in [6.45, 7) is 0. The lowest BCUT2D eigenvalue weighted by Gasteiger charge is -1.99. The molecule has 0 radical (unpaired) electrons. The molecule has 0 amide bonds. The van der Waals surface area contributed by atoms with Crippen molar-refractivity contribution in [2.75, 3.05) is 5.43 Å². The summed E-state index contributed by atoms with van der Waals surface area (Å²) in [7, 11) is 1.94. The Hall–Kier alpha value is -3.35. The van der Waals surface area contributed by atoms with Crippen LogP contribution in [0.4, 0.5) is 10.3 Å². The van der Waals surface area contributed by atoms with E-state index >= 15 is 0 Å². The average molecular weight is 320 g/mol. The predicted octanol–water partition coefficient (Wildman–Crippen LogP) is 3.10. The number of hydrogen-bond donors (Lipinski definition) is 1. The second kappa shape index (κ2) is 5.69. The molecule has 0 saturated heterocycles. The van der Waals surface area contributed by atoms with Crippen LogP contribution in [0.25, 0.3) is 22.1 Å². The number of aromatic nitrogens is 4. The number of para-hydroxylation sites is 1. The molecule has 0 saturated carbocycles. The van der Waals surface area contributed by atoms with Crippen LogP contribution in [0.1, 0.15) is 5.56 Å². The summed E-state index contributed by atoms with van der Waals surface area (Å²) in [5.74, 6) is 0.0145. The first-order valence-electron chi connectivity index (χ1n) is 7.35. The molecule has 0 unspecified atom stereocenters. The average Bonchev–Trinajstić information content (AvgIpc) is 2.90. The molecule has 0 atom stereocenters. The van der Waals surface area contributed by atoms with Crippen LogP contribution < -0.4 is 5.43 Å². The normalized spacial score (nSPS) is 11.6. The largest absolute Gasteiger partial charge is 0.327 e. The van der Waals surface area contributed by atoms with Crippen molar-refractivity contribution in [1.82, 2.24) is 19.7 Å². The molecular formula is C17H13FN6. The number of benzene rings is 2. The minimum Gasteiger partial charge on any atom is -0.327 e. The monoisotopic (exact) mass is 320 g/mol. The van der Waals surface area contributed by atoms with Gasteiger partial charge in [0, 0.05) is 12.4 Å². The fourth-order valence-electron chi connectivity index (χ4n) is 2.57. The van der Waals surface area contributed by atoms with E-state index in [1.54, 1.807) is 18.3 Å². The Labute approximate surface area is 136 Å². The quantitative estimate of drug-likeness (QED) is 0.465. The molecular weight excluding hydrogens is 307 g/mol. The van der Waals surface area contributed by atoms with Crippen LogP contribution in [0, 0.1) is 5.82 Å². The molecule has 0 fully saturated rings. The summed E-state index contributed by atoms with van der Waals surface area (Å²) in [6, 6.07) is 14.0. The Morgan fingerprint density at radius 1 is 1.08 bits per heavy atom. The Morgan fingerprint density at radius 3 is 2.71 bits per heavy atom. The van der Waals surface area contributed by atoms with Gasteiger partial charge in [-0.1, -0.05) is 30.3 Å². The number of anilines is 1. The smallest absolute Gasteiger partial charge is 0.265 e.